The second-order valence-corrected chi connectivity index (χ2v) is 3.67. The molecule has 0 saturated heterocycles. The molecule has 101 valence electrons. The van der Waals surface area contributed by atoms with Crippen LogP contribution in [0.25, 0.3) is 0 Å². The van der Waals surface area contributed by atoms with E-state index in [4.69, 9.17) is 52.6 Å². The molecule has 0 atom stereocenters. The van der Waals surface area contributed by atoms with E-state index in [0.29, 0.717) is 0 Å². The summed E-state index contributed by atoms with van der Waals surface area (Å²) in [7, 11) is -15.5. The maximum atomic E-state index is 8.52. The van der Waals surface area contributed by atoms with Crippen LogP contribution in [0.15, 0.2) is 0 Å². The number of hydrogen-bond acceptors (Lipinski definition) is 12. The van der Waals surface area contributed by atoms with Crippen LogP contribution < -0.4 is 58.2 Å². The monoisotopic (exact) mass is 424 g/mol. The molecule has 17 heavy (non-hydrogen) atoms. The van der Waals surface area contributed by atoms with Gasteiger partial charge in [0, 0.05) is 49.8 Å². The maximum absolute atomic E-state index is 8.52. The Morgan fingerprint density at radius 3 is 0.471 bits per heavy atom. The Hall–Kier alpha value is 2.00. The van der Waals surface area contributed by atoms with E-state index < -0.39 is 31.2 Å². The van der Waals surface area contributed by atoms with Crippen LogP contribution in [0.1, 0.15) is 0 Å². The second-order valence-electron chi connectivity index (χ2n) is 1.22. The molecule has 12 nitrogen and oxygen atoms in total. The van der Waals surface area contributed by atoms with Gasteiger partial charge in [0.15, 0.2) is 0 Å². The smallest absolute Gasteiger partial charge is 0.759 e. The Bertz CT molecular complexity index is 343. The van der Waals surface area contributed by atoms with Gasteiger partial charge in [-0.15, -0.1) is 0 Å². The Morgan fingerprint density at radius 2 is 0.471 bits per heavy atom. The average Bonchev–Trinajstić information content (AvgIpc) is 1.41. The summed E-state index contributed by atoms with van der Waals surface area (Å²) >= 11 is 0. The molecule has 0 aromatic rings. The van der Waals surface area contributed by atoms with Gasteiger partial charge in [-0.25, -0.2) is 0 Å². The minimum atomic E-state index is -5.17. The molecule has 0 aliphatic rings. The van der Waals surface area contributed by atoms with Crippen LogP contribution in [0.2, 0.25) is 0 Å². The molecule has 0 aromatic carbocycles. The van der Waals surface area contributed by atoms with Gasteiger partial charge in [0.05, 0.1) is 0 Å². The van der Waals surface area contributed by atoms with Gasteiger partial charge in [-0.1, -0.05) is 0 Å². The minimum absolute atomic E-state index is 0. The molecule has 0 spiro atoms. The molecule has 0 N–H and O–H groups in total. The van der Waals surface area contributed by atoms with Crippen LogP contribution in [0.4, 0.5) is 0 Å². The SMILES string of the molecule is O=S(=O)([O-])[O-].O=S(=O)([O-])[O-].O=S(=O)([O-])[O-].[Rb+].[V]. The molecule has 1 radical (unpaired) electrons. The molecule has 0 fully saturated rings. The fourth-order valence-electron chi connectivity index (χ4n) is 0. The van der Waals surface area contributed by atoms with E-state index >= 15 is 0 Å². The largest absolute Gasteiger partial charge is 1.00 e. The summed E-state index contributed by atoms with van der Waals surface area (Å²) in [5.74, 6) is 0. The molecular weight excluding hydrogens is 425 g/mol. The Balaban J connectivity index is -0.0000000400. The predicted molar refractivity (Wildman–Crippen MR) is 31.4 cm³/mol. The molecule has 0 bridgehead atoms. The summed E-state index contributed by atoms with van der Waals surface area (Å²) in [6, 6.07) is 0. The van der Waals surface area contributed by atoms with E-state index in [2.05, 4.69) is 0 Å². The van der Waals surface area contributed by atoms with Crippen molar-refractivity contribution in [2.75, 3.05) is 0 Å². The Labute approximate surface area is 158 Å². The first-order valence-corrected chi connectivity index (χ1v) is 6.00. The molecule has 0 rings (SSSR count). The quantitative estimate of drug-likeness (QED) is 0.260. The topological polar surface area (TPSA) is 241 Å². The molecule has 0 heterocycles. The van der Waals surface area contributed by atoms with Crippen molar-refractivity contribution in [3.63, 3.8) is 0 Å². The van der Waals surface area contributed by atoms with Gasteiger partial charge in [0.25, 0.3) is 0 Å². The summed E-state index contributed by atoms with van der Waals surface area (Å²) < 4.78 is 102. The third kappa shape index (κ3) is 1150. The van der Waals surface area contributed by atoms with Crippen molar-refractivity contribution in [2.24, 2.45) is 0 Å². The van der Waals surface area contributed by atoms with E-state index in [-0.39, 0.29) is 76.7 Å². The van der Waals surface area contributed by atoms with Crippen molar-refractivity contribution in [1.29, 1.82) is 0 Å². The van der Waals surface area contributed by atoms with Crippen LogP contribution in [-0.4, -0.2) is 52.6 Å². The van der Waals surface area contributed by atoms with Crippen molar-refractivity contribution >= 4 is 31.2 Å². The second kappa shape index (κ2) is 13.0. The fourth-order valence-corrected chi connectivity index (χ4v) is 0. The first-order valence-electron chi connectivity index (χ1n) is 2.00. The Kier molecular flexibility index (Phi) is 24.0. The molecular formula is O12RbS3V-5. The van der Waals surface area contributed by atoms with Gasteiger partial charge in [-0.2, -0.15) is 0 Å². The van der Waals surface area contributed by atoms with Gasteiger partial charge in [-0.05, 0) is 0 Å². The van der Waals surface area contributed by atoms with E-state index in [1.165, 1.54) is 0 Å². The number of rotatable bonds is 0. The molecule has 0 unspecified atom stereocenters. The zero-order valence-corrected chi connectivity index (χ0v) is 16.3. The normalized spacial score (nSPS) is 10.2. The van der Waals surface area contributed by atoms with Crippen LogP contribution in [-0.2, 0) is 49.8 Å². The Morgan fingerprint density at radius 1 is 0.471 bits per heavy atom. The predicted octanol–water partition coefficient (Wildman–Crippen LogP) is -7.01. The van der Waals surface area contributed by atoms with Crippen LogP contribution in [0, 0.1) is 0 Å². The summed E-state index contributed by atoms with van der Waals surface area (Å²) in [5, 5.41) is 0. The molecule has 0 aliphatic heterocycles. The van der Waals surface area contributed by atoms with Crippen LogP contribution in [0.5, 0.6) is 0 Å². The van der Waals surface area contributed by atoms with Crippen LogP contribution >= 0.6 is 0 Å². The molecule has 0 amide bonds. The molecule has 0 saturated carbocycles. The standard InChI is InChI=1S/3H2O4S.Rb.V/c3*1-5(2,3)4;;/h3*(H2,1,2,3,4);;/q;;;+1;/p-6. The maximum Gasteiger partial charge on any atom is 1.00 e. The first kappa shape index (κ1) is 31.4. The summed E-state index contributed by atoms with van der Waals surface area (Å²) in [6.07, 6.45) is 0. The van der Waals surface area contributed by atoms with E-state index in [1.54, 1.807) is 0 Å². The third-order valence-electron chi connectivity index (χ3n) is 0. The van der Waals surface area contributed by atoms with Crippen LogP contribution in [0.3, 0.4) is 0 Å². The van der Waals surface area contributed by atoms with E-state index in [9.17, 15) is 0 Å². The van der Waals surface area contributed by atoms with Crippen molar-refractivity contribution in [3.05, 3.63) is 0 Å². The van der Waals surface area contributed by atoms with Gasteiger partial charge in [-0.3, -0.25) is 25.3 Å². The van der Waals surface area contributed by atoms with Gasteiger partial charge in [0.2, 0.25) is 0 Å². The van der Waals surface area contributed by atoms with Gasteiger partial charge in [0.1, 0.15) is 0 Å². The van der Waals surface area contributed by atoms with E-state index in [1.807, 2.05) is 0 Å². The van der Waals surface area contributed by atoms with Gasteiger partial charge < -0.3 is 27.3 Å². The molecule has 17 heteroatoms. The first-order chi connectivity index (χ1) is 6.00. The summed E-state index contributed by atoms with van der Waals surface area (Å²) in [4.78, 5) is 0. The molecule has 0 aromatic heterocycles. The van der Waals surface area contributed by atoms with Crippen molar-refractivity contribution in [2.45, 2.75) is 0 Å². The summed E-state index contributed by atoms with van der Waals surface area (Å²) in [5.41, 5.74) is 0. The number of hydrogen-bond donors (Lipinski definition) is 0. The average molecular weight is 425 g/mol. The van der Waals surface area contributed by atoms with Crippen molar-refractivity contribution in [3.8, 4) is 0 Å². The van der Waals surface area contributed by atoms with Crippen molar-refractivity contribution < 1.29 is 129 Å². The van der Waals surface area contributed by atoms with E-state index in [0.717, 1.165) is 0 Å². The fraction of sp³-hybridized carbons (Fsp3) is 0. The zero-order valence-electron chi connectivity index (χ0n) is 7.57. The van der Waals surface area contributed by atoms with Gasteiger partial charge >= 0.3 is 58.2 Å². The van der Waals surface area contributed by atoms with Crippen molar-refractivity contribution in [1.82, 2.24) is 0 Å². The third-order valence-corrected chi connectivity index (χ3v) is 0. The summed E-state index contributed by atoms with van der Waals surface area (Å²) in [6.45, 7) is 0. The minimum Gasteiger partial charge on any atom is -0.759 e. The molecule has 0 aliphatic carbocycles. The zero-order chi connectivity index (χ0) is 13.5.